The Labute approximate surface area is 230 Å². The molecule has 5 atom stereocenters. The lowest BCUT2D eigenvalue weighted by molar-refractivity contribution is -0.139. The topological polar surface area (TPSA) is 112 Å². The molecule has 3 aromatic rings. The van der Waals surface area contributed by atoms with Crippen molar-refractivity contribution in [2.24, 2.45) is 0 Å². The number of aromatic nitrogens is 1. The molecule has 1 fully saturated rings. The van der Waals surface area contributed by atoms with E-state index in [4.69, 9.17) is 28.0 Å². The number of halogens is 2. The van der Waals surface area contributed by atoms with Crippen LogP contribution in [0.1, 0.15) is 58.4 Å². The summed E-state index contributed by atoms with van der Waals surface area (Å²) < 4.78 is 0. The van der Waals surface area contributed by atoms with Crippen LogP contribution >= 0.6 is 23.2 Å². The van der Waals surface area contributed by atoms with Gasteiger partial charge in [-0.25, -0.2) is 5.48 Å². The Morgan fingerprint density at radius 2 is 1.76 bits per heavy atom. The maximum absolute atomic E-state index is 14.0. The van der Waals surface area contributed by atoms with Crippen LogP contribution < -0.4 is 5.48 Å². The van der Waals surface area contributed by atoms with Crippen molar-refractivity contribution in [2.75, 3.05) is 0 Å². The zero-order chi connectivity index (χ0) is 26.8. The molecule has 198 valence electrons. The smallest absolute Gasteiger partial charge is 0.255 e. The first-order valence-corrected chi connectivity index (χ1v) is 13.2. The highest BCUT2D eigenvalue weighted by Gasteiger charge is 2.51. The average Bonchev–Trinajstić information content (AvgIpc) is 2.90. The van der Waals surface area contributed by atoms with E-state index in [0.29, 0.717) is 46.7 Å². The molecule has 38 heavy (non-hydrogen) atoms. The molecule has 2 heterocycles. The molecule has 0 bridgehead atoms. The predicted octanol–water partition coefficient (Wildman–Crippen LogP) is 4.19. The van der Waals surface area contributed by atoms with Gasteiger partial charge < -0.3 is 15.1 Å². The highest BCUT2D eigenvalue weighted by Crippen LogP contribution is 2.47. The number of benzene rings is 2. The largest absolute Gasteiger partial charge is 0.391 e. The molecule has 10 heteroatoms. The Morgan fingerprint density at radius 3 is 2.47 bits per heavy atom. The van der Waals surface area contributed by atoms with E-state index in [9.17, 15) is 19.8 Å². The van der Waals surface area contributed by atoms with Gasteiger partial charge in [-0.1, -0.05) is 53.5 Å². The third kappa shape index (κ3) is 5.15. The van der Waals surface area contributed by atoms with E-state index in [0.717, 1.165) is 0 Å². The summed E-state index contributed by atoms with van der Waals surface area (Å²) in [7, 11) is 0. The van der Waals surface area contributed by atoms with Crippen LogP contribution in [0.4, 0.5) is 0 Å². The summed E-state index contributed by atoms with van der Waals surface area (Å²) in [5.41, 5.74) is 4.41. The number of hydrogen-bond acceptors (Lipinski definition) is 6. The summed E-state index contributed by atoms with van der Waals surface area (Å²) in [6, 6.07) is 15.1. The van der Waals surface area contributed by atoms with Crippen LogP contribution in [0.25, 0.3) is 0 Å². The summed E-state index contributed by atoms with van der Waals surface area (Å²) in [4.78, 5) is 39.0. The minimum atomic E-state index is -0.981. The SMILES string of the molecule is O=C(NOCc1ccccn1)C1c2ccccc2C(=O)N([C@H]2[C@H](O)CCC[C@@H]2O)[C@H]1c1ccc(Cl)cc1Cl. The lowest BCUT2D eigenvalue weighted by Gasteiger charge is -2.49. The quantitative estimate of drug-likeness (QED) is 0.393. The summed E-state index contributed by atoms with van der Waals surface area (Å²) >= 11 is 12.8. The van der Waals surface area contributed by atoms with Crippen LogP contribution in [0.3, 0.4) is 0 Å². The lowest BCUT2D eigenvalue weighted by Crippen LogP contribution is -2.60. The number of amides is 2. The number of hydrogen-bond donors (Lipinski definition) is 3. The molecule has 0 saturated heterocycles. The first-order valence-electron chi connectivity index (χ1n) is 12.4. The van der Waals surface area contributed by atoms with Crippen molar-refractivity contribution in [2.45, 2.75) is 56.1 Å². The number of carbonyl (C=O) groups excluding carboxylic acids is 2. The van der Waals surface area contributed by atoms with Crippen molar-refractivity contribution in [3.63, 3.8) is 0 Å². The van der Waals surface area contributed by atoms with Crippen molar-refractivity contribution in [3.05, 3.63) is 99.3 Å². The van der Waals surface area contributed by atoms with Gasteiger partial charge in [0.05, 0.1) is 35.9 Å². The van der Waals surface area contributed by atoms with Gasteiger partial charge in [0.2, 0.25) is 0 Å². The molecule has 1 aliphatic carbocycles. The highest BCUT2D eigenvalue weighted by atomic mass is 35.5. The molecule has 2 aromatic carbocycles. The maximum Gasteiger partial charge on any atom is 0.255 e. The van der Waals surface area contributed by atoms with Crippen LogP contribution in [0.15, 0.2) is 66.9 Å². The second-order valence-electron chi connectivity index (χ2n) is 9.52. The molecule has 1 unspecified atom stereocenters. The monoisotopic (exact) mass is 555 g/mol. The van der Waals surface area contributed by atoms with Gasteiger partial charge in [-0.15, -0.1) is 0 Å². The molecule has 1 aromatic heterocycles. The molecule has 2 aliphatic rings. The average molecular weight is 556 g/mol. The molecule has 3 N–H and O–H groups in total. The fraction of sp³-hybridized carbons (Fsp3) is 0.321. The number of hydroxylamine groups is 1. The van der Waals surface area contributed by atoms with E-state index in [-0.39, 0.29) is 11.6 Å². The van der Waals surface area contributed by atoms with Crippen molar-refractivity contribution in [3.8, 4) is 0 Å². The Hall–Kier alpha value is -3.01. The van der Waals surface area contributed by atoms with E-state index < -0.39 is 42.0 Å². The minimum absolute atomic E-state index is 0.0377. The first-order chi connectivity index (χ1) is 18.4. The van der Waals surface area contributed by atoms with E-state index in [1.807, 2.05) is 6.07 Å². The molecule has 0 radical (unpaired) electrons. The molecular formula is C28H27Cl2N3O5. The number of nitrogens with zero attached hydrogens (tertiary/aromatic N) is 2. The van der Waals surface area contributed by atoms with E-state index in [1.54, 1.807) is 60.8 Å². The molecule has 5 rings (SSSR count). The van der Waals surface area contributed by atoms with Crippen molar-refractivity contribution in [1.29, 1.82) is 0 Å². The van der Waals surface area contributed by atoms with Crippen LogP contribution in [0.5, 0.6) is 0 Å². The zero-order valence-electron chi connectivity index (χ0n) is 20.3. The molecule has 8 nitrogen and oxygen atoms in total. The van der Waals surface area contributed by atoms with Crippen LogP contribution in [0.2, 0.25) is 10.0 Å². The first kappa shape index (κ1) is 26.6. The number of rotatable bonds is 6. The minimum Gasteiger partial charge on any atom is -0.391 e. The van der Waals surface area contributed by atoms with Crippen molar-refractivity contribution in [1.82, 2.24) is 15.4 Å². The number of nitrogens with one attached hydrogen (secondary N) is 1. The van der Waals surface area contributed by atoms with E-state index in [1.165, 1.54) is 4.90 Å². The Bertz CT molecular complexity index is 1310. The summed E-state index contributed by atoms with van der Waals surface area (Å²) in [5, 5.41) is 22.6. The van der Waals surface area contributed by atoms with Crippen molar-refractivity contribution < 1.29 is 24.6 Å². The normalized spacial score (nSPS) is 25.1. The van der Waals surface area contributed by atoms with Crippen molar-refractivity contribution >= 4 is 35.0 Å². The van der Waals surface area contributed by atoms with Crippen LogP contribution in [-0.2, 0) is 16.2 Å². The van der Waals surface area contributed by atoms with Crippen LogP contribution in [0, 0.1) is 0 Å². The number of aliphatic hydroxyl groups is 2. The third-order valence-electron chi connectivity index (χ3n) is 7.17. The molecule has 1 saturated carbocycles. The van der Waals surface area contributed by atoms with Gasteiger partial charge in [0, 0.05) is 21.8 Å². The highest BCUT2D eigenvalue weighted by molar-refractivity contribution is 6.35. The Balaban J connectivity index is 1.60. The van der Waals surface area contributed by atoms with Gasteiger partial charge in [-0.2, -0.15) is 0 Å². The van der Waals surface area contributed by atoms with Crippen LogP contribution in [-0.4, -0.2) is 50.2 Å². The number of pyridine rings is 1. The number of aliphatic hydroxyl groups excluding tert-OH is 2. The van der Waals surface area contributed by atoms with Gasteiger partial charge in [0.15, 0.2) is 0 Å². The van der Waals surface area contributed by atoms with Gasteiger partial charge in [0.1, 0.15) is 6.61 Å². The maximum atomic E-state index is 14.0. The lowest BCUT2D eigenvalue weighted by atomic mass is 9.76. The summed E-state index contributed by atoms with van der Waals surface area (Å²) in [6.07, 6.45) is 1.11. The third-order valence-corrected chi connectivity index (χ3v) is 7.73. The van der Waals surface area contributed by atoms with Gasteiger partial charge in [-0.3, -0.25) is 19.4 Å². The number of fused-ring (bicyclic) bond motifs is 1. The second-order valence-corrected chi connectivity index (χ2v) is 10.4. The Morgan fingerprint density at radius 1 is 1.03 bits per heavy atom. The predicted molar refractivity (Wildman–Crippen MR) is 141 cm³/mol. The van der Waals surface area contributed by atoms with Gasteiger partial charge in [-0.05, 0) is 60.7 Å². The fourth-order valence-corrected chi connectivity index (χ4v) is 5.99. The molecular weight excluding hydrogens is 529 g/mol. The van der Waals surface area contributed by atoms with Gasteiger partial charge in [0.25, 0.3) is 11.8 Å². The number of carbonyl (C=O) groups is 2. The fourth-order valence-electron chi connectivity index (χ4n) is 5.47. The van der Waals surface area contributed by atoms with Gasteiger partial charge >= 0.3 is 0 Å². The molecule has 1 aliphatic heterocycles. The van der Waals surface area contributed by atoms with E-state index >= 15 is 0 Å². The second kappa shape index (κ2) is 11.4. The zero-order valence-corrected chi connectivity index (χ0v) is 21.8. The summed E-state index contributed by atoms with van der Waals surface area (Å²) in [6.45, 7) is 0.0377. The van der Waals surface area contributed by atoms with E-state index in [2.05, 4.69) is 10.5 Å². The Kier molecular flexibility index (Phi) is 7.97. The molecule has 2 amide bonds. The molecule has 0 spiro atoms. The standard InChI is InChI=1S/C28H27Cl2N3O5/c29-16-11-12-20(21(30)14-16)25-24(27(36)32-38-15-17-6-3-4-13-31-17)18-7-1-2-8-19(18)28(37)33(25)26-22(34)9-5-10-23(26)35/h1-4,6-8,11-14,22-26,34-35H,5,9-10,15H2,(H,32,36)/t22-,23+,24?,25-,26+/m0/s1. The summed E-state index contributed by atoms with van der Waals surface area (Å²) in [5.74, 6) is -1.88.